The quantitative estimate of drug-likeness (QED) is 0.343. The van der Waals surface area contributed by atoms with Crippen molar-refractivity contribution in [3.8, 4) is 0 Å². The lowest BCUT2D eigenvalue weighted by molar-refractivity contribution is -0.175. The zero-order valence-electron chi connectivity index (χ0n) is 13.3. The molecule has 0 aliphatic rings. The summed E-state index contributed by atoms with van der Waals surface area (Å²) in [5.74, 6) is -4.07. The molecule has 0 heterocycles. The largest absolute Gasteiger partial charge is 0.393 e. The summed E-state index contributed by atoms with van der Waals surface area (Å²) in [4.78, 5) is 47.3. The van der Waals surface area contributed by atoms with E-state index in [9.17, 15) is 19.2 Å². The van der Waals surface area contributed by atoms with E-state index in [0.29, 0.717) is 6.42 Å². The number of esters is 2. The third-order valence-corrected chi connectivity index (χ3v) is 3.59. The fourth-order valence-corrected chi connectivity index (χ4v) is 2.13. The Morgan fingerprint density at radius 2 is 1.59 bits per heavy atom. The van der Waals surface area contributed by atoms with Crippen LogP contribution in [0.15, 0.2) is 0 Å². The molecule has 0 saturated heterocycles. The minimum Gasteiger partial charge on any atom is -0.393 e. The van der Waals surface area contributed by atoms with Crippen molar-refractivity contribution in [1.29, 1.82) is 0 Å². The van der Waals surface area contributed by atoms with Gasteiger partial charge < -0.3 is 14.9 Å². The molecule has 0 amide bonds. The molecule has 7 nitrogen and oxygen atoms in total. The van der Waals surface area contributed by atoms with E-state index >= 15 is 0 Å². The van der Waals surface area contributed by atoms with E-state index in [4.69, 9.17) is 10.2 Å². The van der Waals surface area contributed by atoms with Gasteiger partial charge in [-0.1, -0.05) is 32.6 Å². The maximum Gasteiger partial charge on any atom is 0.345 e. The molecule has 0 bridgehead atoms. The number of ketones is 2. The van der Waals surface area contributed by atoms with Gasteiger partial charge in [-0.05, 0) is 20.3 Å². The first-order chi connectivity index (χ1) is 10.2. The summed E-state index contributed by atoms with van der Waals surface area (Å²) in [6.45, 7) is 3.26. The lowest BCUT2D eigenvalue weighted by Gasteiger charge is -2.26. The fraction of sp³-hybridized carbons (Fsp3) is 0.733. The third-order valence-electron chi connectivity index (χ3n) is 3.59. The van der Waals surface area contributed by atoms with Crippen LogP contribution in [0.2, 0.25) is 0 Å². The van der Waals surface area contributed by atoms with Crippen LogP contribution in [0.4, 0.5) is 0 Å². The van der Waals surface area contributed by atoms with Crippen LogP contribution >= 0.6 is 0 Å². The predicted molar refractivity (Wildman–Crippen MR) is 76.7 cm³/mol. The molecule has 7 heteroatoms. The van der Waals surface area contributed by atoms with Gasteiger partial charge in [-0.3, -0.25) is 9.59 Å². The number of hydrogen-bond acceptors (Lipinski definition) is 7. The molecule has 0 aliphatic heterocycles. The molecule has 1 unspecified atom stereocenters. The van der Waals surface area contributed by atoms with E-state index in [1.807, 2.05) is 6.92 Å². The van der Waals surface area contributed by atoms with Gasteiger partial charge in [0, 0.05) is 0 Å². The van der Waals surface area contributed by atoms with Crippen LogP contribution in [0.1, 0.15) is 52.9 Å². The van der Waals surface area contributed by atoms with Crippen molar-refractivity contribution in [3.05, 3.63) is 0 Å². The van der Waals surface area contributed by atoms with Gasteiger partial charge in [0.1, 0.15) is 0 Å². The van der Waals surface area contributed by atoms with Gasteiger partial charge in [-0.15, -0.1) is 0 Å². The smallest absolute Gasteiger partial charge is 0.345 e. The fourth-order valence-electron chi connectivity index (χ4n) is 2.13. The number of unbranched alkanes of at least 4 members (excludes halogenated alkanes) is 3. The first-order valence-electron chi connectivity index (χ1n) is 7.31. The molecule has 0 aromatic carbocycles. The minimum absolute atomic E-state index is 0.0427. The van der Waals surface area contributed by atoms with Crippen LogP contribution in [0.5, 0.6) is 0 Å². The molecule has 0 radical (unpaired) electrons. The molecule has 0 fully saturated rings. The maximum absolute atomic E-state index is 12.2. The van der Waals surface area contributed by atoms with Gasteiger partial charge in [0.15, 0.2) is 23.1 Å². The normalized spacial score (nSPS) is 12.6. The van der Waals surface area contributed by atoms with Crippen molar-refractivity contribution in [2.45, 2.75) is 59.0 Å². The van der Waals surface area contributed by atoms with Crippen molar-refractivity contribution in [2.24, 2.45) is 5.41 Å². The Kier molecular flexibility index (Phi) is 8.74. The van der Waals surface area contributed by atoms with E-state index in [1.165, 1.54) is 0 Å². The van der Waals surface area contributed by atoms with E-state index in [2.05, 4.69) is 4.74 Å². The zero-order chi connectivity index (χ0) is 17.3. The Balaban J connectivity index is 5.21. The van der Waals surface area contributed by atoms with E-state index in [-0.39, 0.29) is 6.42 Å². The van der Waals surface area contributed by atoms with Gasteiger partial charge >= 0.3 is 11.9 Å². The van der Waals surface area contributed by atoms with Crippen LogP contribution in [0.3, 0.4) is 0 Å². The van der Waals surface area contributed by atoms with E-state index < -0.39 is 41.6 Å². The van der Waals surface area contributed by atoms with E-state index in [1.54, 1.807) is 0 Å². The number of ether oxygens (including phenoxy) is 1. The number of aliphatic hydroxyl groups excluding tert-OH is 2. The van der Waals surface area contributed by atoms with Crippen molar-refractivity contribution in [3.63, 3.8) is 0 Å². The van der Waals surface area contributed by atoms with E-state index in [0.717, 1.165) is 33.1 Å². The number of carbonyl (C=O) groups is 4. The van der Waals surface area contributed by atoms with Crippen molar-refractivity contribution >= 4 is 23.5 Å². The highest BCUT2D eigenvalue weighted by Gasteiger charge is 2.50. The van der Waals surface area contributed by atoms with Crippen molar-refractivity contribution < 1.29 is 34.1 Å². The number of aliphatic hydroxyl groups is 2. The molecule has 0 aliphatic carbocycles. The Bertz CT molecular complexity index is 414. The zero-order valence-corrected chi connectivity index (χ0v) is 13.3. The SMILES string of the molecule is CCCCCCC(C(C)=O)(C(C)=O)C(=O)OC(=O)C(O)CO. The summed E-state index contributed by atoms with van der Waals surface area (Å²) in [5, 5.41) is 17.8. The number of rotatable bonds is 10. The predicted octanol–water partition coefficient (Wildman–Crippen LogP) is 0.544. The molecular formula is C15H24O7. The average molecular weight is 316 g/mol. The summed E-state index contributed by atoms with van der Waals surface area (Å²) in [7, 11) is 0. The molecule has 0 saturated carbocycles. The maximum atomic E-state index is 12.2. The Morgan fingerprint density at radius 3 is 2.00 bits per heavy atom. The van der Waals surface area contributed by atoms with Gasteiger partial charge in [-0.25, -0.2) is 9.59 Å². The number of carbonyl (C=O) groups excluding carboxylic acids is 4. The van der Waals surface area contributed by atoms with Crippen LogP contribution < -0.4 is 0 Å². The van der Waals surface area contributed by atoms with Crippen LogP contribution in [0, 0.1) is 5.41 Å². The molecule has 126 valence electrons. The first kappa shape index (κ1) is 20.4. The summed E-state index contributed by atoms with van der Waals surface area (Å²) in [5.41, 5.74) is -2.03. The van der Waals surface area contributed by atoms with Gasteiger partial charge in [0.2, 0.25) is 0 Å². The molecule has 1 atom stereocenters. The summed E-state index contributed by atoms with van der Waals surface area (Å²) in [6, 6.07) is 0. The molecule has 22 heavy (non-hydrogen) atoms. The van der Waals surface area contributed by atoms with Crippen molar-refractivity contribution in [2.75, 3.05) is 6.61 Å². The Morgan fingerprint density at radius 1 is 1.05 bits per heavy atom. The first-order valence-corrected chi connectivity index (χ1v) is 7.31. The highest BCUT2D eigenvalue weighted by molar-refractivity contribution is 6.22. The van der Waals surface area contributed by atoms with Crippen LogP contribution in [-0.4, -0.2) is 46.4 Å². The van der Waals surface area contributed by atoms with Gasteiger partial charge in [-0.2, -0.15) is 0 Å². The van der Waals surface area contributed by atoms with Crippen LogP contribution in [0.25, 0.3) is 0 Å². The lowest BCUT2D eigenvalue weighted by atomic mass is 9.75. The molecular weight excluding hydrogens is 292 g/mol. The van der Waals surface area contributed by atoms with Gasteiger partial charge in [0.05, 0.1) is 6.61 Å². The molecule has 0 spiro atoms. The molecule has 0 aromatic rings. The average Bonchev–Trinajstić information content (AvgIpc) is 2.45. The Hall–Kier alpha value is -1.60. The third kappa shape index (κ3) is 4.99. The topological polar surface area (TPSA) is 118 Å². The second-order valence-corrected chi connectivity index (χ2v) is 5.24. The monoisotopic (exact) mass is 316 g/mol. The molecule has 0 aromatic heterocycles. The lowest BCUT2D eigenvalue weighted by Crippen LogP contribution is -2.47. The number of hydrogen-bond donors (Lipinski definition) is 2. The summed E-state index contributed by atoms with van der Waals surface area (Å²) >= 11 is 0. The second-order valence-electron chi connectivity index (χ2n) is 5.24. The van der Waals surface area contributed by atoms with Crippen molar-refractivity contribution in [1.82, 2.24) is 0 Å². The molecule has 0 rings (SSSR count). The molecule has 2 N–H and O–H groups in total. The standard InChI is InChI=1S/C15H24O7/c1-4-5-6-7-8-15(10(2)17,11(3)18)14(21)22-13(20)12(19)9-16/h12,16,19H,4-9H2,1-3H3. The van der Waals surface area contributed by atoms with Crippen LogP contribution in [-0.2, 0) is 23.9 Å². The van der Waals surface area contributed by atoms with Gasteiger partial charge in [0.25, 0.3) is 0 Å². The number of Topliss-reactive ketones (excluding diaryl/α,β-unsaturated/α-hetero) is 2. The minimum atomic E-state index is -2.03. The second kappa shape index (κ2) is 9.42. The summed E-state index contributed by atoms with van der Waals surface area (Å²) < 4.78 is 4.42. The highest BCUT2D eigenvalue weighted by Crippen LogP contribution is 2.30. The highest BCUT2D eigenvalue weighted by atomic mass is 16.6. The Labute approximate surface area is 129 Å². The summed E-state index contributed by atoms with van der Waals surface area (Å²) in [6.07, 6.45) is 1.10.